The van der Waals surface area contributed by atoms with E-state index in [9.17, 15) is 4.79 Å². The van der Waals surface area contributed by atoms with Crippen molar-refractivity contribution >= 4 is 29.3 Å². The van der Waals surface area contributed by atoms with E-state index in [1.807, 2.05) is 30.3 Å². The highest BCUT2D eigenvalue weighted by molar-refractivity contribution is 8.01. The second-order valence-electron chi connectivity index (χ2n) is 3.23. The van der Waals surface area contributed by atoms with E-state index in [2.05, 4.69) is 5.32 Å². The van der Waals surface area contributed by atoms with Gasteiger partial charge in [-0.2, -0.15) is 0 Å². The Morgan fingerprint density at radius 2 is 2.07 bits per heavy atom. The van der Waals surface area contributed by atoms with Gasteiger partial charge >= 0.3 is 0 Å². The molecule has 1 aromatic carbocycles. The summed E-state index contributed by atoms with van der Waals surface area (Å²) in [5.41, 5.74) is 1.22. The number of β-lactam (4-membered cyclic amide) rings is 1. The third-order valence-corrected chi connectivity index (χ3v) is 3.76. The Kier molecular flexibility index (Phi) is 2.70. The van der Waals surface area contributed by atoms with Crippen LogP contribution in [0.5, 0.6) is 0 Å². The third-order valence-electron chi connectivity index (χ3n) is 2.02. The van der Waals surface area contributed by atoms with Crippen LogP contribution in [0.4, 0.5) is 0 Å². The molecule has 1 N–H and O–H groups in total. The van der Waals surface area contributed by atoms with E-state index in [-0.39, 0.29) is 5.91 Å². The van der Waals surface area contributed by atoms with Gasteiger partial charge in [-0.3, -0.25) is 4.79 Å². The number of halogens is 1. The number of hydrogen-bond acceptors (Lipinski definition) is 2. The van der Waals surface area contributed by atoms with Crippen molar-refractivity contribution in [2.75, 3.05) is 0 Å². The van der Waals surface area contributed by atoms with E-state index in [0.717, 1.165) is 5.75 Å². The molecule has 0 radical (unpaired) electrons. The SMILES string of the molecule is O=C1CC(Cl)(SCc2ccccc2)N1. The zero-order chi connectivity index (χ0) is 10.0. The first-order valence-electron chi connectivity index (χ1n) is 4.36. The molecule has 14 heavy (non-hydrogen) atoms. The molecule has 4 heteroatoms. The minimum atomic E-state index is -0.563. The second-order valence-corrected chi connectivity index (χ2v) is 5.37. The van der Waals surface area contributed by atoms with E-state index in [1.54, 1.807) is 11.8 Å². The molecule has 0 aliphatic carbocycles. The normalized spacial score (nSPS) is 25.4. The van der Waals surface area contributed by atoms with Crippen molar-refractivity contribution in [2.24, 2.45) is 0 Å². The van der Waals surface area contributed by atoms with Crippen molar-refractivity contribution in [1.29, 1.82) is 0 Å². The lowest BCUT2D eigenvalue weighted by molar-refractivity contribution is -0.127. The molecule has 1 saturated heterocycles. The minimum absolute atomic E-state index is 0.0283. The maximum Gasteiger partial charge on any atom is 0.226 e. The first-order chi connectivity index (χ1) is 6.68. The molecule has 1 heterocycles. The van der Waals surface area contributed by atoms with Gasteiger partial charge < -0.3 is 5.32 Å². The second kappa shape index (κ2) is 3.83. The highest BCUT2D eigenvalue weighted by atomic mass is 35.5. The fourth-order valence-corrected chi connectivity index (χ4v) is 2.65. The Morgan fingerprint density at radius 3 is 2.64 bits per heavy atom. The number of nitrogens with one attached hydrogen (secondary N) is 1. The predicted molar refractivity (Wildman–Crippen MR) is 59.1 cm³/mol. The Morgan fingerprint density at radius 1 is 1.43 bits per heavy atom. The zero-order valence-electron chi connectivity index (χ0n) is 7.50. The molecule has 1 fully saturated rings. The fourth-order valence-electron chi connectivity index (χ4n) is 1.26. The highest BCUT2D eigenvalue weighted by Gasteiger charge is 2.41. The lowest BCUT2D eigenvalue weighted by Crippen LogP contribution is -2.54. The van der Waals surface area contributed by atoms with Gasteiger partial charge in [0.2, 0.25) is 5.91 Å². The van der Waals surface area contributed by atoms with Crippen molar-refractivity contribution in [1.82, 2.24) is 5.32 Å². The zero-order valence-corrected chi connectivity index (χ0v) is 9.07. The highest BCUT2D eigenvalue weighted by Crippen LogP contribution is 2.38. The van der Waals surface area contributed by atoms with Gasteiger partial charge in [0.25, 0.3) is 0 Å². The lowest BCUT2D eigenvalue weighted by Gasteiger charge is -2.35. The summed E-state index contributed by atoms with van der Waals surface area (Å²) in [5, 5.41) is 2.68. The number of alkyl halides is 1. The lowest BCUT2D eigenvalue weighted by atomic mass is 10.2. The van der Waals surface area contributed by atoms with Crippen LogP contribution in [0.25, 0.3) is 0 Å². The summed E-state index contributed by atoms with van der Waals surface area (Å²) in [5.74, 6) is 0.852. The van der Waals surface area contributed by atoms with Gasteiger partial charge in [-0.25, -0.2) is 0 Å². The Labute approximate surface area is 92.0 Å². The molecule has 1 atom stereocenters. The summed E-state index contributed by atoms with van der Waals surface area (Å²) in [7, 11) is 0. The van der Waals surface area contributed by atoms with E-state index >= 15 is 0 Å². The Bertz CT molecular complexity index is 333. The number of hydrogen-bond donors (Lipinski definition) is 1. The molecular weight excluding hydrogens is 218 g/mol. The molecule has 0 spiro atoms. The van der Waals surface area contributed by atoms with Gasteiger partial charge in [-0.15, -0.1) is 11.8 Å². The number of carbonyl (C=O) groups excluding carboxylic acids is 1. The summed E-state index contributed by atoms with van der Waals surface area (Å²) < 4.78 is -0.563. The van der Waals surface area contributed by atoms with Crippen molar-refractivity contribution < 1.29 is 4.79 Å². The third kappa shape index (κ3) is 2.22. The standard InChI is InChI=1S/C10H10ClNOS/c11-10(6-9(13)12-10)14-7-8-4-2-1-3-5-8/h1-5H,6-7H2,(H,12,13). The summed E-state index contributed by atoms with van der Waals surface area (Å²) in [6, 6.07) is 10.1. The average Bonchev–Trinajstić information content (AvgIpc) is 2.15. The molecule has 0 bridgehead atoms. The van der Waals surface area contributed by atoms with Crippen molar-refractivity contribution in [3.8, 4) is 0 Å². The minimum Gasteiger partial charge on any atom is -0.328 e. The van der Waals surface area contributed by atoms with Gasteiger partial charge in [0.05, 0.1) is 6.42 Å². The van der Waals surface area contributed by atoms with Crippen LogP contribution in [0.2, 0.25) is 0 Å². The number of thioether (sulfide) groups is 1. The van der Waals surface area contributed by atoms with Crippen LogP contribution < -0.4 is 5.32 Å². The summed E-state index contributed by atoms with van der Waals surface area (Å²) in [6.45, 7) is 0. The molecular formula is C10H10ClNOS. The van der Waals surface area contributed by atoms with Crippen LogP contribution in [0.1, 0.15) is 12.0 Å². The van der Waals surface area contributed by atoms with Crippen LogP contribution in [-0.4, -0.2) is 10.2 Å². The molecule has 2 rings (SSSR count). The quantitative estimate of drug-likeness (QED) is 0.488. The maximum absolute atomic E-state index is 10.7. The number of carbonyl (C=O) groups is 1. The summed E-state index contributed by atoms with van der Waals surface area (Å²) in [6.07, 6.45) is 0.409. The number of rotatable bonds is 3. The molecule has 0 aromatic heterocycles. The first-order valence-corrected chi connectivity index (χ1v) is 5.72. The predicted octanol–water partition coefficient (Wildman–Crippen LogP) is 2.33. The van der Waals surface area contributed by atoms with Gasteiger partial charge in [-0.1, -0.05) is 41.9 Å². The van der Waals surface area contributed by atoms with Crippen molar-refractivity contribution in [2.45, 2.75) is 16.5 Å². The number of amides is 1. The smallest absolute Gasteiger partial charge is 0.226 e. The van der Waals surface area contributed by atoms with Crippen LogP contribution in [-0.2, 0) is 10.5 Å². The monoisotopic (exact) mass is 227 g/mol. The van der Waals surface area contributed by atoms with Gasteiger partial charge in [0, 0.05) is 5.75 Å². The molecule has 0 saturated carbocycles. The van der Waals surface area contributed by atoms with Crippen molar-refractivity contribution in [3.05, 3.63) is 35.9 Å². The molecule has 74 valence electrons. The largest absolute Gasteiger partial charge is 0.328 e. The summed E-state index contributed by atoms with van der Waals surface area (Å²) in [4.78, 5) is 10.7. The van der Waals surface area contributed by atoms with E-state index in [1.165, 1.54) is 5.56 Å². The van der Waals surface area contributed by atoms with Crippen molar-refractivity contribution in [3.63, 3.8) is 0 Å². The van der Waals surface area contributed by atoms with E-state index in [0.29, 0.717) is 6.42 Å². The fraction of sp³-hybridized carbons (Fsp3) is 0.300. The summed E-state index contributed by atoms with van der Waals surface area (Å²) >= 11 is 7.64. The van der Waals surface area contributed by atoms with Gasteiger partial charge in [-0.05, 0) is 5.56 Å². The van der Waals surface area contributed by atoms with Gasteiger partial charge in [0.1, 0.15) is 0 Å². The van der Waals surface area contributed by atoms with Gasteiger partial charge in [0.15, 0.2) is 4.33 Å². The molecule has 1 amide bonds. The molecule has 1 unspecified atom stereocenters. The Hall–Kier alpha value is -0.670. The molecule has 1 aliphatic rings. The topological polar surface area (TPSA) is 29.1 Å². The molecule has 2 nitrogen and oxygen atoms in total. The Balaban J connectivity index is 1.86. The van der Waals surface area contributed by atoms with Crippen LogP contribution in [0.3, 0.4) is 0 Å². The maximum atomic E-state index is 10.7. The molecule has 1 aromatic rings. The van der Waals surface area contributed by atoms with E-state index < -0.39 is 4.33 Å². The van der Waals surface area contributed by atoms with Crippen LogP contribution in [0, 0.1) is 0 Å². The molecule has 1 aliphatic heterocycles. The van der Waals surface area contributed by atoms with Crippen LogP contribution >= 0.6 is 23.4 Å². The van der Waals surface area contributed by atoms with E-state index in [4.69, 9.17) is 11.6 Å². The van der Waals surface area contributed by atoms with Crippen LogP contribution in [0.15, 0.2) is 30.3 Å². The first kappa shape index (κ1) is 9.87. The average molecular weight is 228 g/mol. The number of benzene rings is 1.